The molecule has 1 unspecified atom stereocenters. The number of ketones is 1. The molecule has 3 amide bonds. The minimum atomic E-state index is -1.13. The number of nitrogens with one attached hydrogen (secondary N) is 1. The maximum Gasteiger partial charge on any atom is 0.325 e. The van der Waals surface area contributed by atoms with Crippen LogP contribution in [0.25, 0.3) is 0 Å². The largest absolute Gasteiger partial charge is 0.494 e. The normalized spacial score (nSPS) is 20.3. The molecule has 2 aromatic carbocycles. The van der Waals surface area contributed by atoms with Crippen LogP contribution >= 0.6 is 0 Å². The summed E-state index contributed by atoms with van der Waals surface area (Å²) < 4.78 is 11.3. The first-order chi connectivity index (χ1) is 14.0. The highest BCUT2D eigenvalue weighted by Gasteiger charge is 2.54. The summed E-state index contributed by atoms with van der Waals surface area (Å²) in [5, 5.41) is 2.88. The zero-order valence-corrected chi connectivity index (χ0v) is 16.4. The Balaban J connectivity index is 1.70. The Labute approximate surface area is 168 Å². The molecular weight excluding hydrogens is 372 g/mol. The molecule has 0 aliphatic carbocycles. The number of fused-ring (bicyclic) bond motifs is 2. The third kappa shape index (κ3) is 3.12. The van der Waals surface area contributed by atoms with Crippen LogP contribution in [0, 0.1) is 0 Å². The van der Waals surface area contributed by atoms with E-state index < -0.39 is 11.6 Å². The molecule has 2 aliphatic heterocycles. The lowest BCUT2D eigenvalue weighted by Gasteiger charge is -2.33. The molecule has 1 saturated heterocycles. The van der Waals surface area contributed by atoms with Crippen molar-refractivity contribution in [3.05, 3.63) is 59.2 Å². The molecule has 2 heterocycles. The lowest BCUT2D eigenvalue weighted by molar-refractivity contribution is -0.133. The minimum Gasteiger partial charge on any atom is -0.494 e. The molecule has 0 saturated carbocycles. The van der Waals surface area contributed by atoms with Crippen molar-refractivity contribution in [1.29, 1.82) is 0 Å². The van der Waals surface area contributed by atoms with Gasteiger partial charge >= 0.3 is 6.03 Å². The van der Waals surface area contributed by atoms with Crippen molar-refractivity contribution in [3.63, 3.8) is 0 Å². The Kier molecular flexibility index (Phi) is 4.74. The van der Waals surface area contributed by atoms with Gasteiger partial charge in [-0.05, 0) is 38.1 Å². The van der Waals surface area contributed by atoms with Gasteiger partial charge in [0.1, 0.15) is 11.5 Å². The Morgan fingerprint density at radius 1 is 1.24 bits per heavy atom. The molecule has 29 heavy (non-hydrogen) atoms. The predicted molar refractivity (Wildman–Crippen MR) is 105 cm³/mol. The summed E-state index contributed by atoms with van der Waals surface area (Å²) in [6, 6.07) is 11.8. The number of urea groups is 1. The fourth-order valence-corrected chi connectivity index (χ4v) is 3.90. The molecule has 1 N–H and O–H groups in total. The van der Waals surface area contributed by atoms with E-state index in [0.29, 0.717) is 47.8 Å². The molecular formula is C22H22N2O5. The van der Waals surface area contributed by atoms with E-state index in [9.17, 15) is 14.4 Å². The van der Waals surface area contributed by atoms with Crippen LogP contribution in [0.2, 0.25) is 0 Å². The molecule has 1 spiro atoms. The van der Waals surface area contributed by atoms with E-state index in [1.54, 1.807) is 30.3 Å². The van der Waals surface area contributed by atoms with Crippen LogP contribution in [-0.2, 0) is 16.9 Å². The SMILES string of the molecule is CCOc1ccc(C(C)=O)cc1CN1C(=O)NC2(CCOc3ccccc32)C1=O. The first kappa shape index (κ1) is 19.0. The fourth-order valence-electron chi connectivity index (χ4n) is 3.90. The number of carbonyl (C=O) groups is 3. The second-order valence-corrected chi connectivity index (χ2v) is 7.13. The third-order valence-corrected chi connectivity index (χ3v) is 5.35. The van der Waals surface area contributed by atoms with E-state index in [4.69, 9.17) is 9.47 Å². The van der Waals surface area contributed by atoms with Crippen LogP contribution in [0.3, 0.4) is 0 Å². The van der Waals surface area contributed by atoms with E-state index in [1.165, 1.54) is 11.8 Å². The van der Waals surface area contributed by atoms with Gasteiger partial charge in [0, 0.05) is 23.1 Å². The number of benzene rings is 2. The highest BCUT2D eigenvalue weighted by Crippen LogP contribution is 2.41. The highest BCUT2D eigenvalue weighted by atomic mass is 16.5. The molecule has 4 rings (SSSR count). The van der Waals surface area contributed by atoms with Gasteiger partial charge in [-0.15, -0.1) is 0 Å². The second-order valence-electron chi connectivity index (χ2n) is 7.13. The Hall–Kier alpha value is -3.35. The molecule has 1 fully saturated rings. The van der Waals surface area contributed by atoms with Crippen LogP contribution in [0.1, 0.15) is 41.8 Å². The molecule has 150 valence electrons. The van der Waals surface area contributed by atoms with Gasteiger partial charge in [0.25, 0.3) is 5.91 Å². The molecule has 1 atom stereocenters. The van der Waals surface area contributed by atoms with Gasteiger partial charge in [-0.1, -0.05) is 18.2 Å². The molecule has 7 heteroatoms. The lowest BCUT2D eigenvalue weighted by atomic mass is 9.84. The van der Waals surface area contributed by atoms with Crippen molar-refractivity contribution in [2.75, 3.05) is 13.2 Å². The summed E-state index contributed by atoms with van der Waals surface area (Å²) in [5.41, 5.74) is 0.646. The van der Waals surface area contributed by atoms with Crippen LogP contribution in [0.5, 0.6) is 11.5 Å². The predicted octanol–water partition coefficient (Wildman–Crippen LogP) is 3.02. The van der Waals surface area contributed by atoms with Gasteiger partial charge in [-0.3, -0.25) is 14.5 Å². The Bertz CT molecular complexity index is 1000. The van der Waals surface area contributed by atoms with Gasteiger partial charge in [0.2, 0.25) is 0 Å². The van der Waals surface area contributed by atoms with E-state index in [1.807, 2.05) is 19.1 Å². The van der Waals surface area contributed by atoms with Crippen molar-refractivity contribution in [3.8, 4) is 11.5 Å². The van der Waals surface area contributed by atoms with Crippen molar-refractivity contribution in [2.24, 2.45) is 0 Å². The zero-order valence-electron chi connectivity index (χ0n) is 16.4. The number of nitrogens with zero attached hydrogens (tertiary/aromatic N) is 1. The van der Waals surface area contributed by atoms with E-state index in [-0.39, 0.29) is 18.2 Å². The van der Waals surface area contributed by atoms with Gasteiger partial charge < -0.3 is 14.8 Å². The number of para-hydroxylation sites is 1. The number of hydrogen-bond acceptors (Lipinski definition) is 5. The zero-order chi connectivity index (χ0) is 20.6. The minimum absolute atomic E-state index is 0.0197. The topological polar surface area (TPSA) is 84.9 Å². The van der Waals surface area contributed by atoms with Crippen LogP contribution in [-0.4, -0.2) is 35.8 Å². The van der Waals surface area contributed by atoms with Gasteiger partial charge in [-0.25, -0.2) is 4.79 Å². The maximum absolute atomic E-state index is 13.4. The number of Topliss-reactive ketones (excluding diaryl/α,β-unsaturated/α-hetero) is 1. The van der Waals surface area contributed by atoms with E-state index in [2.05, 4.69) is 5.32 Å². The quantitative estimate of drug-likeness (QED) is 0.622. The highest BCUT2D eigenvalue weighted by molar-refractivity contribution is 6.08. The summed E-state index contributed by atoms with van der Waals surface area (Å²) in [4.78, 5) is 39.2. The number of carbonyl (C=O) groups excluding carboxylic acids is 3. The first-order valence-corrected chi connectivity index (χ1v) is 9.59. The Morgan fingerprint density at radius 2 is 2.03 bits per heavy atom. The maximum atomic E-state index is 13.4. The summed E-state index contributed by atoms with van der Waals surface area (Å²) in [5.74, 6) is 0.726. The first-order valence-electron chi connectivity index (χ1n) is 9.59. The van der Waals surface area contributed by atoms with Crippen molar-refractivity contribution < 1.29 is 23.9 Å². The van der Waals surface area contributed by atoms with Crippen LogP contribution < -0.4 is 14.8 Å². The average molecular weight is 394 g/mol. The van der Waals surface area contributed by atoms with Crippen molar-refractivity contribution in [2.45, 2.75) is 32.4 Å². The summed E-state index contributed by atoms with van der Waals surface area (Å²) in [6.45, 7) is 4.11. The molecule has 2 aliphatic rings. The number of hydrogen-bond donors (Lipinski definition) is 1. The Morgan fingerprint density at radius 3 is 2.79 bits per heavy atom. The summed E-state index contributed by atoms with van der Waals surface area (Å²) >= 11 is 0. The molecule has 0 radical (unpaired) electrons. The van der Waals surface area contributed by atoms with Gasteiger partial charge in [-0.2, -0.15) is 0 Å². The molecule has 0 aromatic heterocycles. The number of amides is 3. The molecule has 2 aromatic rings. The second kappa shape index (κ2) is 7.24. The summed E-state index contributed by atoms with van der Waals surface area (Å²) in [7, 11) is 0. The van der Waals surface area contributed by atoms with E-state index in [0.717, 1.165) is 0 Å². The lowest BCUT2D eigenvalue weighted by Crippen LogP contribution is -2.47. The monoisotopic (exact) mass is 394 g/mol. The third-order valence-electron chi connectivity index (χ3n) is 5.35. The average Bonchev–Trinajstić information content (AvgIpc) is 2.94. The fraction of sp³-hybridized carbons (Fsp3) is 0.318. The standard InChI is InChI=1S/C22H22N2O5/c1-3-28-18-9-8-15(14(2)25)12-16(18)13-24-20(26)22(23-21(24)27)10-11-29-19-7-5-4-6-17(19)22/h4-9,12H,3,10-11,13H2,1-2H3,(H,23,27). The van der Waals surface area contributed by atoms with Crippen molar-refractivity contribution in [1.82, 2.24) is 10.2 Å². The van der Waals surface area contributed by atoms with E-state index >= 15 is 0 Å². The smallest absolute Gasteiger partial charge is 0.325 e. The molecule has 0 bridgehead atoms. The van der Waals surface area contributed by atoms with Crippen LogP contribution in [0.15, 0.2) is 42.5 Å². The number of rotatable bonds is 5. The van der Waals surface area contributed by atoms with Crippen LogP contribution in [0.4, 0.5) is 4.79 Å². The van der Waals surface area contributed by atoms with Gasteiger partial charge in [0.05, 0.1) is 19.8 Å². The number of ether oxygens (including phenoxy) is 2. The van der Waals surface area contributed by atoms with Gasteiger partial charge in [0.15, 0.2) is 11.3 Å². The summed E-state index contributed by atoms with van der Waals surface area (Å²) in [6.07, 6.45) is 0.358. The van der Waals surface area contributed by atoms with Crippen molar-refractivity contribution >= 4 is 17.7 Å². The molecule has 7 nitrogen and oxygen atoms in total. The number of imide groups is 1.